The van der Waals surface area contributed by atoms with Gasteiger partial charge in [0.2, 0.25) is 0 Å². The fourth-order valence-corrected chi connectivity index (χ4v) is 1.37. The molecule has 0 saturated carbocycles. The third kappa shape index (κ3) is 2.31. The van der Waals surface area contributed by atoms with Crippen LogP contribution < -0.4 is 10.5 Å². The number of methoxy groups -OCH3 is 1. The van der Waals surface area contributed by atoms with Gasteiger partial charge in [0.25, 0.3) is 0 Å². The molecule has 0 fully saturated rings. The molecule has 82 valence electrons. The Balaban J connectivity index is 3.21. The number of phenolic OH excluding ortho intramolecular Hbond substituents is 1. The molecule has 0 aliphatic heterocycles. The van der Waals surface area contributed by atoms with Gasteiger partial charge in [-0.05, 0) is 6.07 Å². The first kappa shape index (κ1) is 11.6. The van der Waals surface area contributed by atoms with E-state index in [1.165, 1.54) is 19.2 Å². The number of benzene rings is 1. The van der Waals surface area contributed by atoms with Crippen molar-refractivity contribution in [2.75, 3.05) is 7.11 Å². The molecule has 1 atom stereocenters. The maximum absolute atomic E-state index is 10.6. The lowest BCUT2D eigenvalue weighted by Gasteiger charge is -2.11. The first-order valence-electron chi connectivity index (χ1n) is 4.02. The number of ether oxygens (including phenoxy) is 1. The first-order valence-corrected chi connectivity index (χ1v) is 4.40. The Labute approximate surface area is 91.0 Å². The van der Waals surface area contributed by atoms with Crippen molar-refractivity contribution in [2.45, 2.75) is 6.04 Å². The van der Waals surface area contributed by atoms with Gasteiger partial charge in [-0.3, -0.25) is 4.79 Å². The van der Waals surface area contributed by atoms with Gasteiger partial charge in [-0.2, -0.15) is 0 Å². The van der Waals surface area contributed by atoms with E-state index in [1.54, 1.807) is 0 Å². The van der Waals surface area contributed by atoms with E-state index in [-0.39, 0.29) is 22.1 Å². The molecule has 0 amide bonds. The van der Waals surface area contributed by atoms with Gasteiger partial charge in [-0.25, -0.2) is 0 Å². The standard InChI is InChI=1S/C9H10ClNO4/c1-15-7-3-5(10)4(2-6(7)12)8(11)9(13)14/h2-3,8,12H,11H2,1H3,(H,13,14). The molecule has 1 aromatic carbocycles. The lowest BCUT2D eigenvalue weighted by molar-refractivity contribution is -0.138. The van der Waals surface area contributed by atoms with Crippen molar-refractivity contribution < 1.29 is 19.7 Å². The zero-order valence-electron chi connectivity index (χ0n) is 7.90. The maximum atomic E-state index is 10.6. The van der Waals surface area contributed by atoms with Crippen LogP contribution in [0.2, 0.25) is 5.02 Å². The number of aromatic hydroxyl groups is 1. The number of carboxylic acid groups (broad SMARTS) is 1. The molecule has 0 heterocycles. The number of carboxylic acids is 1. The second-order valence-corrected chi connectivity index (χ2v) is 3.27. The molecule has 15 heavy (non-hydrogen) atoms. The number of hydrogen-bond acceptors (Lipinski definition) is 4. The summed E-state index contributed by atoms with van der Waals surface area (Å²) in [6.45, 7) is 0. The summed E-state index contributed by atoms with van der Waals surface area (Å²) >= 11 is 5.78. The normalized spacial score (nSPS) is 12.2. The van der Waals surface area contributed by atoms with Crippen LogP contribution in [0.4, 0.5) is 0 Å². The van der Waals surface area contributed by atoms with Crippen LogP contribution in [0.3, 0.4) is 0 Å². The monoisotopic (exact) mass is 231 g/mol. The predicted molar refractivity (Wildman–Crippen MR) is 54.2 cm³/mol. The zero-order valence-corrected chi connectivity index (χ0v) is 8.65. The number of halogens is 1. The smallest absolute Gasteiger partial charge is 0.325 e. The van der Waals surface area contributed by atoms with E-state index < -0.39 is 12.0 Å². The maximum Gasteiger partial charge on any atom is 0.325 e. The van der Waals surface area contributed by atoms with E-state index in [1.807, 2.05) is 0 Å². The predicted octanol–water partition coefficient (Wildman–Crippen LogP) is 1.14. The summed E-state index contributed by atoms with van der Waals surface area (Å²) in [5.74, 6) is -1.25. The second-order valence-electron chi connectivity index (χ2n) is 2.86. The van der Waals surface area contributed by atoms with E-state index in [0.717, 1.165) is 0 Å². The highest BCUT2D eigenvalue weighted by Gasteiger charge is 2.19. The molecule has 5 nitrogen and oxygen atoms in total. The van der Waals surface area contributed by atoms with Crippen LogP contribution >= 0.6 is 11.6 Å². The highest BCUT2D eigenvalue weighted by molar-refractivity contribution is 6.31. The Morgan fingerprint density at radius 2 is 2.20 bits per heavy atom. The SMILES string of the molecule is COc1cc(Cl)c(C(N)C(=O)O)cc1O. The van der Waals surface area contributed by atoms with E-state index in [4.69, 9.17) is 27.2 Å². The molecule has 0 radical (unpaired) electrons. The van der Waals surface area contributed by atoms with E-state index in [9.17, 15) is 9.90 Å². The fraction of sp³-hybridized carbons (Fsp3) is 0.222. The summed E-state index contributed by atoms with van der Waals surface area (Å²) in [6.07, 6.45) is 0. The van der Waals surface area contributed by atoms with Gasteiger partial charge in [0.15, 0.2) is 11.5 Å². The van der Waals surface area contributed by atoms with Crippen molar-refractivity contribution in [1.29, 1.82) is 0 Å². The minimum atomic E-state index is -1.27. The Hall–Kier alpha value is -1.46. The van der Waals surface area contributed by atoms with Crippen molar-refractivity contribution >= 4 is 17.6 Å². The van der Waals surface area contributed by atoms with E-state index in [2.05, 4.69) is 0 Å². The van der Waals surface area contributed by atoms with Crippen molar-refractivity contribution in [3.05, 3.63) is 22.7 Å². The Kier molecular flexibility index (Phi) is 3.39. The van der Waals surface area contributed by atoms with Crippen LogP contribution in [0.1, 0.15) is 11.6 Å². The topological polar surface area (TPSA) is 92.8 Å². The first-order chi connectivity index (χ1) is 6.97. The molecule has 0 spiro atoms. The van der Waals surface area contributed by atoms with Gasteiger partial charge in [-0.15, -0.1) is 0 Å². The molecular weight excluding hydrogens is 222 g/mol. The van der Waals surface area contributed by atoms with Gasteiger partial charge in [-0.1, -0.05) is 11.6 Å². The lowest BCUT2D eigenvalue weighted by atomic mass is 10.1. The van der Waals surface area contributed by atoms with Gasteiger partial charge < -0.3 is 20.7 Å². The minimum absolute atomic E-state index is 0.138. The quantitative estimate of drug-likeness (QED) is 0.725. The van der Waals surface area contributed by atoms with Gasteiger partial charge in [0.1, 0.15) is 6.04 Å². The van der Waals surface area contributed by atoms with Gasteiger partial charge >= 0.3 is 5.97 Å². The van der Waals surface area contributed by atoms with Crippen LogP contribution in [0.25, 0.3) is 0 Å². The lowest BCUT2D eigenvalue weighted by Crippen LogP contribution is -2.20. The summed E-state index contributed by atoms with van der Waals surface area (Å²) in [4.78, 5) is 10.6. The molecule has 0 aliphatic rings. The highest BCUT2D eigenvalue weighted by Crippen LogP contribution is 2.34. The molecule has 0 aliphatic carbocycles. The molecule has 1 unspecified atom stereocenters. The minimum Gasteiger partial charge on any atom is -0.504 e. The van der Waals surface area contributed by atoms with Crippen LogP contribution in [-0.2, 0) is 4.79 Å². The van der Waals surface area contributed by atoms with E-state index in [0.29, 0.717) is 0 Å². The van der Waals surface area contributed by atoms with E-state index >= 15 is 0 Å². The van der Waals surface area contributed by atoms with Crippen molar-refractivity contribution in [3.63, 3.8) is 0 Å². The molecule has 6 heteroatoms. The zero-order chi connectivity index (χ0) is 11.6. The summed E-state index contributed by atoms with van der Waals surface area (Å²) in [6, 6.07) is 1.23. The van der Waals surface area contributed by atoms with Crippen LogP contribution in [0, 0.1) is 0 Å². The Morgan fingerprint density at radius 1 is 1.60 bits per heavy atom. The van der Waals surface area contributed by atoms with Crippen LogP contribution in [-0.4, -0.2) is 23.3 Å². The average Bonchev–Trinajstić information content (AvgIpc) is 2.19. The highest BCUT2D eigenvalue weighted by atomic mass is 35.5. The molecule has 0 bridgehead atoms. The number of phenols is 1. The average molecular weight is 232 g/mol. The number of aliphatic carboxylic acids is 1. The second kappa shape index (κ2) is 4.37. The van der Waals surface area contributed by atoms with Crippen molar-refractivity contribution in [1.82, 2.24) is 0 Å². The fourth-order valence-electron chi connectivity index (χ4n) is 1.09. The molecule has 4 N–H and O–H groups in total. The number of rotatable bonds is 3. The Morgan fingerprint density at radius 3 is 2.67 bits per heavy atom. The number of carbonyl (C=O) groups is 1. The van der Waals surface area contributed by atoms with Crippen LogP contribution in [0.15, 0.2) is 12.1 Å². The summed E-state index contributed by atoms with van der Waals surface area (Å²) < 4.78 is 4.80. The van der Waals surface area contributed by atoms with Crippen molar-refractivity contribution in [3.8, 4) is 11.5 Å². The molecule has 0 aromatic heterocycles. The molecule has 0 saturated heterocycles. The third-order valence-corrected chi connectivity index (χ3v) is 2.23. The summed E-state index contributed by atoms with van der Waals surface area (Å²) in [5.41, 5.74) is 5.50. The summed E-state index contributed by atoms with van der Waals surface area (Å²) in [7, 11) is 1.36. The largest absolute Gasteiger partial charge is 0.504 e. The molecular formula is C9H10ClNO4. The number of hydrogen-bond donors (Lipinski definition) is 3. The van der Waals surface area contributed by atoms with Crippen molar-refractivity contribution in [2.24, 2.45) is 5.73 Å². The molecule has 1 aromatic rings. The van der Waals surface area contributed by atoms with Gasteiger partial charge in [0.05, 0.1) is 7.11 Å². The number of nitrogens with two attached hydrogens (primary N) is 1. The summed E-state index contributed by atoms with van der Waals surface area (Å²) in [5, 5.41) is 18.2. The Bertz CT molecular complexity index is 394. The third-order valence-electron chi connectivity index (χ3n) is 1.90. The van der Waals surface area contributed by atoms with Crippen LogP contribution in [0.5, 0.6) is 11.5 Å². The van der Waals surface area contributed by atoms with Gasteiger partial charge in [0, 0.05) is 16.7 Å². The molecule has 1 rings (SSSR count).